The topological polar surface area (TPSA) is 61.3 Å². The molecule has 0 aliphatic carbocycles. The first kappa shape index (κ1) is 13.1. The zero-order valence-electron chi connectivity index (χ0n) is 7.72. The van der Waals surface area contributed by atoms with E-state index in [-0.39, 0.29) is 11.8 Å². The highest BCUT2D eigenvalue weighted by atomic mass is 16.5. The molecule has 0 aliphatic heterocycles. The van der Waals surface area contributed by atoms with E-state index in [1.165, 1.54) is 0 Å². The zero-order chi connectivity index (χ0) is 8.04. The molecule has 0 aliphatic rings. The fraction of sp³-hybridized carbons (Fsp3) is 0.875. The minimum atomic E-state index is -0.193. The van der Waals surface area contributed by atoms with E-state index in [0.717, 1.165) is 19.3 Å². The number of carbonyl (C=O) groups is 1. The molecule has 0 fully saturated rings. The molecule has 3 N–H and O–H groups in total. The molecule has 68 valence electrons. The van der Waals surface area contributed by atoms with Crippen LogP contribution in [0.25, 0.3) is 0 Å². The van der Waals surface area contributed by atoms with E-state index < -0.39 is 0 Å². The molecule has 11 heavy (non-hydrogen) atoms. The summed E-state index contributed by atoms with van der Waals surface area (Å²) < 4.78 is 5.00. The molecule has 0 spiro atoms. The first-order chi connectivity index (χ1) is 4.74. The van der Waals surface area contributed by atoms with Crippen molar-refractivity contribution in [3.05, 3.63) is 0 Å². The lowest BCUT2D eigenvalue weighted by molar-refractivity contribution is -0.144. The zero-order valence-corrected chi connectivity index (χ0v) is 7.72. The summed E-state index contributed by atoms with van der Waals surface area (Å²) in [6.45, 7) is 6.67. The molecule has 0 saturated carbocycles. The third kappa shape index (κ3) is 3.37. The van der Waals surface area contributed by atoms with Gasteiger partial charge in [0.05, 0.1) is 0 Å². The minimum Gasteiger partial charge on any atom is -0.461 e. The predicted molar refractivity (Wildman–Crippen MR) is 45.8 cm³/mol. The maximum Gasteiger partial charge on any atom is 0.293 e. The second-order valence-electron chi connectivity index (χ2n) is 2.46. The highest BCUT2D eigenvalue weighted by molar-refractivity contribution is 5.38. The van der Waals surface area contributed by atoms with E-state index in [1.54, 1.807) is 0 Å². The molecule has 0 saturated heterocycles. The fourth-order valence-corrected chi connectivity index (χ4v) is 1.10. The summed E-state index contributed by atoms with van der Waals surface area (Å²) in [6, 6.07) is 0. The molecule has 0 amide bonds. The Kier molecular flexibility index (Phi) is 7.31. The minimum absolute atomic E-state index is 0. The maximum atomic E-state index is 10.1. The molecule has 3 heteroatoms. The highest BCUT2D eigenvalue weighted by Crippen LogP contribution is 2.22. The Morgan fingerprint density at radius 3 is 1.64 bits per heavy atom. The predicted octanol–water partition coefficient (Wildman–Crippen LogP) is 2.29. The number of hydrogen-bond acceptors (Lipinski definition) is 3. The van der Waals surface area contributed by atoms with Gasteiger partial charge in [-0.1, -0.05) is 20.8 Å². The smallest absolute Gasteiger partial charge is 0.293 e. The van der Waals surface area contributed by atoms with Crippen LogP contribution in [0.1, 0.15) is 40.0 Å². The monoisotopic (exact) mass is 161 g/mol. The van der Waals surface area contributed by atoms with Crippen molar-refractivity contribution >= 4 is 6.47 Å². The third-order valence-corrected chi connectivity index (χ3v) is 2.23. The van der Waals surface area contributed by atoms with Gasteiger partial charge in [0.1, 0.15) is 5.60 Å². The standard InChI is InChI=1S/C8H16O2.H3N/c1-4-8(5-2,6-3)10-7-9;/h7H,4-6H2,1-3H3;1H3. The van der Waals surface area contributed by atoms with Crippen molar-refractivity contribution < 1.29 is 9.53 Å². The molecule has 0 aromatic heterocycles. The van der Waals surface area contributed by atoms with Crippen LogP contribution in [0.4, 0.5) is 0 Å². The fourth-order valence-electron chi connectivity index (χ4n) is 1.10. The van der Waals surface area contributed by atoms with Gasteiger partial charge in [0.25, 0.3) is 6.47 Å². The Hall–Kier alpha value is -0.570. The van der Waals surface area contributed by atoms with Gasteiger partial charge in [-0.15, -0.1) is 0 Å². The summed E-state index contributed by atoms with van der Waals surface area (Å²) in [5, 5.41) is 0. The molecule has 0 rings (SSSR count). The first-order valence-corrected chi connectivity index (χ1v) is 3.86. The quantitative estimate of drug-likeness (QED) is 0.629. The van der Waals surface area contributed by atoms with Crippen LogP contribution < -0.4 is 6.15 Å². The van der Waals surface area contributed by atoms with Crippen molar-refractivity contribution in [1.82, 2.24) is 6.15 Å². The lowest BCUT2D eigenvalue weighted by Crippen LogP contribution is -2.29. The Bertz CT molecular complexity index is 92.0. The molecule has 0 atom stereocenters. The van der Waals surface area contributed by atoms with Gasteiger partial charge in [0, 0.05) is 0 Å². The van der Waals surface area contributed by atoms with Gasteiger partial charge in [-0.25, -0.2) is 0 Å². The van der Waals surface area contributed by atoms with Crippen LogP contribution in [0, 0.1) is 0 Å². The lowest BCUT2D eigenvalue weighted by atomic mass is 9.94. The largest absolute Gasteiger partial charge is 0.461 e. The van der Waals surface area contributed by atoms with Crippen molar-refractivity contribution in [3.8, 4) is 0 Å². The van der Waals surface area contributed by atoms with Crippen LogP contribution >= 0.6 is 0 Å². The summed E-state index contributed by atoms with van der Waals surface area (Å²) in [7, 11) is 0. The average molecular weight is 161 g/mol. The molecule has 0 heterocycles. The molecule has 0 aromatic carbocycles. The Labute approximate surface area is 68.7 Å². The van der Waals surface area contributed by atoms with Gasteiger partial charge in [-0.05, 0) is 19.3 Å². The van der Waals surface area contributed by atoms with Gasteiger partial charge >= 0.3 is 0 Å². The van der Waals surface area contributed by atoms with Crippen LogP contribution in [0.15, 0.2) is 0 Å². The number of carbonyl (C=O) groups excluding carboxylic acids is 1. The molecule has 3 nitrogen and oxygen atoms in total. The maximum absolute atomic E-state index is 10.1. The number of hydrogen-bond donors (Lipinski definition) is 1. The molecular weight excluding hydrogens is 142 g/mol. The SMILES string of the molecule is CCC(CC)(CC)OC=O.N. The summed E-state index contributed by atoms with van der Waals surface area (Å²) in [5.74, 6) is 0. The van der Waals surface area contributed by atoms with E-state index in [4.69, 9.17) is 4.74 Å². The van der Waals surface area contributed by atoms with Gasteiger partial charge in [-0.3, -0.25) is 4.79 Å². The normalized spacial score (nSPS) is 10.1. The molecular formula is C8H19NO2. The molecule has 0 unspecified atom stereocenters. The van der Waals surface area contributed by atoms with Gasteiger partial charge in [0.15, 0.2) is 0 Å². The molecule has 0 radical (unpaired) electrons. The summed E-state index contributed by atoms with van der Waals surface area (Å²) >= 11 is 0. The van der Waals surface area contributed by atoms with Crippen LogP contribution in [0.2, 0.25) is 0 Å². The van der Waals surface area contributed by atoms with Crippen LogP contribution in [-0.2, 0) is 9.53 Å². The van der Waals surface area contributed by atoms with Crippen LogP contribution in [0.5, 0.6) is 0 Å². The highest BCUT2D eigenvalue weighted by Gasteiger charge is 2.24. The molecule has 0 aromatic rings. The second-order valence-corrected chi connectivity index (χ2v) is 2.46. The van der Waals surface area contributed by atoms with E-state index >= 15 is 0 Å². The molecule has 0 bridgehead atoms. The van der Waals surface area contributed by atoms with Crippen molar-refractivity contribution in [2.45, 2.75) is 45.6 Å². The van der Waals surface area contributed by atoms with Crippen molar-refractivity contribution in [2.75, 3.05) is 0 Å². The van der Waals surface area contributed by atoms with E-state index in [1.807, 2.05) is 20.8 Å². The van der Waals surface area contributed by atoms with Crippen LogP contribution in [0.3, 0.4) is 0 Å². The van der Waals surface area contributed by atoms with E-state index in [2.05, 4.69) is 0 Å². The van der Waals surface area contributed by atoms with Crippen molar-refractivity contribution in [1.29, 1.82) is 0 Å². The third-order valence-electron chi connectivity index (χ3n) is 2.23. The Morgan fingerprint density at radius 2 is 1.55 bits per heavy atom. The Balaban J connectivity index is 0. The average Bonchev–Trinajstić information content (AvgIpc) is 2.01. The van der Waals surface area contributed by atoms with Gasteiger partial charge < -0.3 is 10.9 Å². The number of rotatable bonds is 5. The summed E-state index contributed by atoms with van der Waals surface area (Å²) in [4.78, 5) is 10.1. The number of ether oxygens (including phenoxy) is 1. The Morgan fingerprint density at radius 1 is 1.18 bits per heavy atom. The van der Waals surface area contributed by atoms with Gasteiger partial charge in [0.2, 0.25) is 0 Å². The van der Waals surface area contributed by atoms with Crippen LogP contribution in [-0.4, -0.2) is 12.1 Å². The summed E-state index contributed by atoms with van der Waals surface area (Å²) in [6.07, 6.45) is 2.70. The van der Waals surface area contributed by atoms with Crippen molar-refractivity contribution in [2.24, 2.45) is 0 Å². The summed E-state index contributed by atoms with van der Waals surface area (Å²) in [5.41, 5.74) is -0.193. The van der Waals surface area contributed by atoms with E-state index in [0.29, 0.717) is 6.47 Å². The second kappa shape index (κ2) is 6.16. The van der Waals surface area contributed by atoms with Crippen molar-refractivity contribution in [3.63, 3.8) is 0 Å². The lowest BCUT2D eigenvalue weighted by Gasteiger charge is -2.27. The first-order valence-electron chi connectivity index (χ1n) is 3.86. The van der Waals surface area contributed by atoms with Gasteiger partial charge in [-0.2, -0.15) is 0 Å². The van der Waals surface area contributed by atoms with E-state index in [9.17, 15) is 4.79 Å².